The molecule has 0 radical (unpaired) electrons. The van der Waals surface area contributed by atoms with E-state index < -0.39 is 0 Å². The molecule has 7 heteroatoms. The van der Waals surface area contributed by atoms with Gasteiger partial charge in [0, 0.05) is 10.6 Å². The average Bonchev–Trinajstić information content (AvgIpc) is 2.79. The first-order valence-corrected chi connectivity index (χ1v) is 10.8. The maximum absolute atomic E-state index is 12.4. The van der Waals surface area contributed by atoms with Gasteiger partial charge in [-0.05, 0) is 49.4 Å². The molecule has 0 aliphatic rings. The molecule has 0 unspecified atom stereocenters. The molecule has 160 valence electrons. The number of rotatable bonds is 10. The molecular weight excluding hydrogens is 412 g/mol. The Morgan fingerprint density at radius 1 is 0.839 bits per heavy atom. The van der Waals surface area contributed by atoms with Crippen LogP contribution < -0.4 is 20.1 Å². The fourth-order valence-electron chi connectivity index (χ4n) is 2.71. The summed E-state index contributed by atoms with van der Waals surface area (Å²) in [6.45, 7) is 2.34. The van der Waals surface area contributed by atoms with Crippen LogP contribution in [-0.4, -0.2) is 30.8 Å². The third kappa shape index (κ3) is 7.38. The summed E-state index contributed by atoms with van der Waals surface area (Å²) < 4.78 is 11.0. The molecule has 0 fully saturated rings. The lowest BCUT2D eigenvalue weighted by molar-refractivity contribution is -0.118. The molecule has 31 heavy (non-hydrogen) atoms. The van der Waals surface area contributed by atoms with Crippen molar-refractivity contribution in [3.8, 4) is 11.5 Å². The van der Waals surface area contributed by atoms with Crippen LogP contribution in [0.25, 0.3) is 0 Å². The predicted octanol–water partition coefficient (Wildman–Crippen LogP) is 4.83. The molecule has 3 aromatic carbocycles. The van der Waals surface area contributed by atoms with Gasteiger partial charge in [-0.2, -0.15) is 0 Å². The van der Waals surface area contributed by atoms with E-state index in [0.717, 1.165) is 4.90 Å². The van der Waals surface area contributed by atoms with E-state index in [4.69, 9.17) is 9.47 Å². The van der Waals surface area contributed by atoms with E-state index in [0.29, 0.717) is 29.5 Å². The van der Waals surface area contributed by atoms with Crippen LogP contribution in [0.4, 0.5) is 11.4 Å². The van der Waals surface area contributed by atoms with Crippen molar-refractivity contribution in [3.63, 3.8) is 0 Å². The van der Waals surface area contributed by atoms with Gasteiger partial charge in [0.2, 0.25) is 5.91 Å². The second kappa shape index (κ2) is 11.7. The van der Waals surface area contributed by atoms with Gasteiger partial charge in [0.05, 0.1) is 18.0 Å². The Kier molecular flexibility index (Phi) is 8.37. The Balaban J connectivity index is 1.49. The van der Waals surface area contributed by atoms with Crippen LogP contribution in [0.2, 0.25) is 0 Å². The van der Waals surface area contributed by atoms with Crippen LogP contribution in [0.15, 0.2) is 83.8 Å². The molecule has 0 bridgehead atoms. The highest BCUT2D eigenvalue weighted by atomic mass is 32.2. The predicted molar refractivity (Wildman–Crippen MR) is 124 cm³/mol. The number of anilines is 2. The molecule has 0 saturated carbocycles. The van der Waals surface area contributed by atoms with Crippen molar-refractivity contribution in [2.75, 3.05) is 29.6 Å². The standard InChI is InChI=1S/C24H24N2O4S/c1-2-29-22-14-7-6-13-21(22)26-24(28)17-31-20-12-8-9-18(15-20)25-23(27)16-30-19-10-4-3-5-11-19/h3-15H,2,16-17H2,1H3,(H,25,27)(H,26,28). The summed E-state index contributed by atoms with van der Waals surface area (Å²) in [7, 11) is 0. The monoisotopic (exact) mass is 436 g/mol. The Labute approximate surface area is 186 Å². The normalized spacial score (nSPS) is 10.2. The first kappa shape index (κ1) is 22.2. The van der Waals surface area contributed by atoms with Gasteiger partial charge in [0.25, 0.3) is 5.91 Å². The van der Waals surface area contributed by atoms with E-state index in [1.807, 2.05) is 61.5 Å². The first-order chi connectivity index (χ1) is 15.1. The largest absolute Gasteiger partial charge is 0.492 e. The maximum Gasteiger partial charge on any atom is 0.262 e. The van der Waals surface area contributed by atoms with Crippen molar-refractivity contribution in [2.24, 2.45) is 0 Å². The molecule has 2 amide bonds. The zero-order valence-electron chi connectivity index (χ0n) is 17.2. The summed E-state index contributed by atoms with van der Waals surface area (Å²) in [5, 5.41) is 5.68. The van der Waals surface area contributed by atoms with Crippen molar-refractivity contribution in [2.45, 2.75) is 11.8 Å². The van der Waals surface area contributed by atoms with Gasteiger partial charge < -0.3 is 20.1 Å². The second-order valence-electron chi connectivity index (χ2n) is 6.44. The highest BCUT2D eigenvalue weighted by Crippen LogP contribution is 2.25. The van der Waals surface area contributed by atoms with Crippen molar-refractivity contribution in [1.29, 1.82) is 0 Å². The number of para-hydroxylation sites is 3. The highest BCUT2D eigenvalue weighted by Gasteiger charge is 2.09. The van der Waals surface area contributed by atoms with Gasteiger partial charge in [0.1, 0.15) is 11.5 Å². The van der Waals surface area contributed by atoms with E-state index in [2.05, 4.69) is 10.6 Å². The molecule has 3 aromatic rings. The van der Waals surface area contributed by atoms with Crippen LogP contribution in [0.3, 0.4) is 0 Å². The topological polar surface area (TPSA) is 76.7 Å². The number of hydrogen-bond acceptors (Lipinski definition) is 5. The third-order valence-corrected chi connectivity index (χ3v) is 5.06. The van der Waals surface area contributed by atoms with Gasteiger partial charge in [-0.15, -0.1) is 11.8 Å². The zero-order valence-corrected chi connectivity index (χ0v) is 18.0. The summed E-state index contributed by atoms with van der Waals surface area (Å²) in [4.78, 5) is 25.4. The molecule has 0 aliphatic carbocycles. The van der Waals surface area contributed by atoms with Crippen LogP contribution in [0.1, 0.15) is 6.92 Å². The molecular formula is C24H24N2O4S. The summed E-state index contributed by atoms with van der Waals surface area (Å²) in [5.74, 6) is 1.12. The number of thioether (sulfide) groups is 1. The third-order valence-electron chi connectivity index (χ3n) is 4.06. The lowest BCUT2D eigenvalue weighted by Gasteiger charge is -2.11. The Morgan fingerprint density at radius 2 is 1.61 bits per heavy atom. The maximum atomic E-state index is 12.4. The minimum Gasteiger partial charge on any atom is -0.492 e. The highest BCUT2D eigenvalue weighted by molar-refractivity contribution is 8.00. The van der Waals surface area contributed by atoms with Crippen LogP contribution in [0, 0.1) is 0 Å². The van der Waals surface area contributed by atoms with Gasteiger partial charge >= 0.3 is 0 Å². The second-order valence-corrected chi connectivity index (χ2v) is 7.49. The minimum absolute atomic E-state index is 0.0803. The molecule has 0 aromatic heterocycles. The number of hydrogen-bond donors (Lipinski definition) is 2. The number of carbonyl (C=O) groups is 2. The fourth-order valence-corrected chi connectivity index (χ4v) is 3.47. The molecule has 2 N–H and O–H groups in total. The Hall–Kier alpha value is -3.45. The van der Waals surface area contributed by atoms with Crippen LogP contribution in [0.5, 0.6) is 11.5 Å². The van der Waals surface area contributed by atoms with E-state index in [1.54, 1.807) is 24.3 Å². The average molecular weight is 437 g/mol. The Morgan fingerprint density at radius 3 is 2.42 bits per heavy atom. The van der Waals surface area contributed by atoms with Gasteiger partial charge in [0.15, 0.2) is 6.61 Å². The quantitative estimate of drug-likeness (QED) is 0.445. The summed E-state index contributed by atoms with van der Waals surface area (Å²) in [5.41, 5.74) is 1.29. The number of nitrogens with one attached hydrogen (secondary N) is 2. The van der Waals surface area contributed by atoms with Crippen molar-refractivity contribution in [3.05, 3.63) is 78.9 Å². The number of carbonyl (C=O) groups excluding carboxylic acids is 2. The van der Waals surface area contributed by atoms with E-state index in [1.165, 1.54) is 11.8 Å². The first-order valence-electron chi connectivity index (χ1n) is 9.86. The molecule has 0 aliphatic heterocycles. The number of benzene rings is 3. The number of amides is 2. The van der Waals surface area contributed by atoms with Crippen molar-refractivity contribution >= 4 is 35.0 Å². The van der Waals surface area contributed by atoms with Gasteiger partial charge in [-0.3, -0.25) is 9.59 Å². The molecule has 3 rings (SSSR count). The summed E-state index contributed by atoms with van der Waals surface area (Å²) in [6, 6.07) is 23.8. The smallest absolute Gasteiger partial charge is 0.262 e. The minimum atomic E-state index is -0.253. The zero-order chi connectivity index (χ0) is 21.9. The molecule has 0 saturated heterocycles. The van der Waals surface area contributed by atoms with Gasteiger partial charge in [-0.1, -0.05) is 36.4 Å². The SMILES string of the molecule is CCOc1ccccc1NC(=O)CSc1cccc(NC(=O)COc2ccccc2)c1. The lowest BCUT2D eigenvalue weighted by atomic mass is 10.3. The van der Waals surface area contributed by atoms with E-state index >= 15 is 0 Å². The van der Waals surface area contributed by atoms with Gasteiger partial charge in [-0.25, -0.2) is 0 Å². The summed E-state index contributed by atoms with van der Waals surface area (Å²) in [6.07, 6.45) is 0. The molecule has 0 spiro atoms. The van der Waals surface area contributed by atoms with E-state index in [9.17, 15) is 9.59 Å². The van der Waals surface area contributed by atoms with Crippen molar-refractivity contribution < 1.29 is 19.1 Å². The van der Waals surface area contributed by atoms with Crippen LogP contribution in [-0.2, 0) is 9.59 Å². The molecule has 0 heterocycles. The number of ether oxygens (including phenoxy) is 2. The van der Waals surface area contributed by atoms with Crippen molar-refractivity contribution in [1.82, 2.24) is 0 Å². The summed E-state index contributed by atoms with van der Waals surface area (Å²) >= 11 is 1.38. The van der Waals surface area contributed by atoms with Crippen LogP contribution >= 0.6 is 11.8 Å². The Bertz CT molecular complexity index is 1010. The fraction of sp³-hybridized carbons (Fsp3) is 0.167. The molecule has 6 nitrogen and oxygen atoms in total. The van der Waals surface area contributed by atoms with E-state index in [-0.39, 0.29) is 24.2 Å². The molecule has 0 atom stereocenters. The lowest BCUT2D eigenvalue weighted by Crippen LogP contribution is -2.20.